The second kappa shape index (κ2) is 7.02. The summed E-state index contributed by atoms with van der Waals surface area (Å²) in [6, 6.07) is 0. The molecule has 0 spiro atoms. The number of nitrogens with one attached hydrogen (secondary N) is 1. The molecule has 134 valence electrons. The second-order valence-electron chi connectivity index (χ2n) is 5.73. The van der Waals surface area contributed by atoms with Gasteiger partial charge in [-0.1, -0.05) is 6.42 Å². The van der Waals surface area contributed by atoms with Crippen LogP contribution in [-0.4, -0.2) is 35.0 Å². The van der Waals surface area contributed by atoms with E-state index in [4.69, 9.17) is 9.79 Å². The zero-order chi connectivity index (χ0) is 18.1. The number of H-pyrrole nitrogens is 1. The first-order chi connectivity index (χ1) is 11.1. The van der Waals surface area contributed by atoms with Crippen LogP contribution >= 0.6 is 7.82 Å². The Kier molecular flexibility index (Phi) is 5.44. The zero-order valence-electron chi connectivity index (χ0n) is 13.7. The van der Waals surface area contributed by atoms with Crippen LogP contribution in [0.15, 0.2) is 9.59 Å². The fraction of sp³-hybridized carbons (Fsp3) is 0.615. The van der Waals surface area contributed by atoms with E-state index in [1.807, 2.05) is 0 Å². The summed E-state index contributed by atoms with van der Waals surface area (Å²) in [6.07, 6.45) is 1.91. The van der Waals surface area contributed by atoms with E-state index in [0.717, 1.165) is 0 Å². The number of hydrogen-bond donors (Lipinski definition) is 3. The van der Waals surface area contributed by atoms with Gasteiger partial charge in [0.05, 0.1) is 6.10 Å². The fourth-order valence-electron chi connectivity index (χ4n) is 2.58. The van der Waals surface area contributed by atoms with Crippen molar-refractivity contribution in [2.45, 2.75) is 38.7 Å². The Morgan fingerprint density at radius 3 is 2.54 bits per heavy atom. The van der Waals surface area contributed by atoms with Gasteiger partial charge in [0.1, 0.15) is 5.82 Å². The molecule has 0 bridgehead atoms. The average Bonchev–Trinajstić information content (AvgIpc) is 2.77. The summed E-state index contributed by atoms with van der Waals surface area (Å²) < 4.78 is 18.2. The summed E-state index contributed by atoms with van der Waals surface area (Å²) in [6.45, 7) is 1.60. The lowest BCUT2D eigenvalue weighted by Crippen LogP contribution is -2.29. The number of phosphoric ester groups is 1. The Hall–Kier alpha value is -1.74. The number of rotatable bonds is 7. The lowest BCUT2D eigenvalue weighted by Gasteiger charge is -2.13. The summed E-state index contributed by atoms with van der Waals surface area (Å²) in [7, 11) is -1.21. The van der Waals surface area contributed by atoms with E-state index in [9.17, 15) is 14.2 Å². The highest BCUT2D eigenvalue weighted by molar-refractivity contribution is 7.46. The minimum atomic E-state index is -4.46. The monoisotopic (exact) mass is 360 g/mol. The van der Waals surface area contributed by atoms with Crippen LogP contribution in [0.1, 0.15) is 32.0 Å². The van der Waals surface area contributed by atoms with Crippen LogP contribution in [-0.2, 0) is 29.6 Å². The number of phosphoric acid groups is 1. The largest absolute Gasteiger partial charge is 0.469 e. The van der Waals surface area contributed by atoms with Crippen molar-refractivity contribution >= 4 is 19.0 Å². The van der Waals surface area contributed by atoms with Crippen molar-refractivity contribution in [3.63, 3.8) is 0 Å². The van der Waals surface area contributed by atoms with Gasteiger partial charge in [0.15, 0.2) is 11.2 Å². The highest BCUT2D eigenvalue weighted by atomic mass is 31.2. The molecule has 2 heterocycles. The van der Waals surface area contributed by atoms with Crippen LogP contribution in [0.4, 0.5) is 0 Å². The van der Waals surface area contributed by atoms with Crippen molar-refractivity contribution in [3.05, 3.63) is 26.7 Å². The number of hydrogen-bond acceptors (Lipinski definition) is 5. The van der Waals surface area contributed by atoms with Crippen LogP contribution in [0.3, 0.4) is 0 Å². The van der Waals surface area contributed by atoms with Gasteiger partial charge in [0.25, 0.3) is 5.56 Å². The van der Waals surface area contributed by atoms with Crippen molar-refractivity contribution in [2.75, 3.05) is 0 Å². The Morgan fingerprint density at radius 1 is 1.25 bits per heavy atom. The fourth-order valence-corrected chi connectivity index (χ4v) is 3.15. The molecule has 0 aliphatic carbocycles. The normalized spacial score (nSPS) is 13.5. The minimum Gasteiger partial charge on any atom is -0.325 e. The maximum atomic E-state index is 11.9. The molecule has 0 fully saturated rings. The third kappa shape index (κ3) is 4.21. The molecule has 0 saturated carbocycles. The van der Waals surface area contributed by atoms with Crippen LogP contribution < -0.4 is 11.2 Å². The maximum absolute atomic E-state index is 11.9. The van der Waals surface area contributed by atoms with Gasteiger partial charge in [-0.3, -0.25) is 18.9 Å². The predicted molar refractivity (Wildman–Crippen MR) is 86.7 cm³/mol. The molecule has 0 unspecified atom stereocenters. The topological polar surface area (TPSA) is 139 Å². The van der Waals surface area contributed by atoms with Crippen molar-refractivity contribution in [1.29, 1.82) is 0 Å². The first-order valence-electron chi connectivity index (χ1n) is 7.48. The first-order valence-corrected chi connectivity index (χ1v) is 9.01. The number of aromatic nitrogens is 4. The van der Waals surface area contributed by atoms with Crippen LogP contribution in [0.2, 0.25) is 0 Å². The number of unbranched alkanes of at least 4 members (excludes halogenated alkanes) is 1. The molecule has 2 aromatic heterocycles. The van der Waals surface area contributed by atoms with Crippen molar-refractivity contribution in [1.82, 2.24) is 19.1 Å². The zero-order valence-corrected chi connectivity index (χ0v) is 14.6. The van der Waals surface area contributed by atoms with E-state index in [2.05, 4.69) is 14.5 Å². The Labute approximate surface area is 137 Å². The quantitative estimate of drug-likeness (QED) is 0.472. The molecule has 2 rings (SSSR count). The molecular formula is C13H21N4O6P. The Bertz CT molecular complexity index is 892. The number of fused-ring (bicyclic) bond motifs is 1. The second-order valence-corrected chi connectivity index (χ2v) is 6.92. The molecule has 1 atom stereocenters. The summed E-state index contributed by atoms with van der Waals surface area (Å²) >= 11 is 0. The van der Waals surface area contributed by atoms with Gasteiger partial charge in [0.2, 0.25) is 0 Å². The predicted octanol–water partition coefficient (Wildman–Crippen LogP) is 0.171. The van der Waals surface area contributed by atoms with E-state index in [1.54, 1.807) is 25.6 Å². The molecule has 24 heavy (non-hydrogen) atoms. The van der Waals surface area contributed by atoms with Crippen molar-refractivity contribution in [2.24, 2.45) is 14.1 Å². The van der Waals surface area contributed by atoms with Gasteiger partial charge < -0.3 is 14.4 Å². The summed E-state index contributed by atoms with van der Waals surface area (Å²) in [4.78, 5) is 47.6. The highest BCUT2D eigenvalue weighted by Crippen LogP contribution is 2.38. The van der Waals surface area contributed by atoms with E-state index >= 15 is 0 Å². The SMILES string of the molecule is C[C@H](CCCCc1nc2c(c(=O)[nH]c(=O)n2C)n1C)OP(=O)(O)O. The van der Waals surface area contributed by atoms with E-state index in [-0.39, 0.29) is 0 Å². The smallest absolute Gasteiger partial charge is 0.325 e. The van der Waals surface area contributed by atoms with Crippen LogP contribution in [0.5, 0.6) is 0 Å². The number of aryl methyl sites for hydroxylation is 3. The van der Waals surface area contributed by atoms with Gasteiger partial charge in [-0.05, 0) is 19.8 Å². The Balaban J connectivity index is 2.04. The Morgan fingerprint density at radius 2 is 1.92 bits per heavy atom. The first kappa shape index (κ1) is 18.6. The van der Waals surface area contributed by atoms with Gasteiger partial charge in [-0.2, -0.15) is 0 Å². The van der Waals surface area contributed by atoms with Crippen LogP contribution in [0.25, 0.3) is 11.2 Å². The van der Waals surface area contributed by atoms with E-state index in [0.29, 0.717) is 42.7 Å². The third-order valence-electron chi connectivity index (χ3n) is 3.81. The van der Waals surface area contributed by atoms with Gasteiger partial charge in [-0.15, -0.1) is 0 Å². The molecule has 2 aromatic rings. The van der Waals surface area contributed by atoms with E-state index < -0.39 is 25.2 Å². The van der Waals surface area contributed by atoms with Gasteiger partial charge in [-0.25, -0.2) is 14.3 Å². The van der Waals surface area contributed by atoms with Crippen molar-refractivity contribution in [3.8, 4) is 0 Å². The number of imidazole rings is 1. The van der Waals surface area contributed by atoms with Crippen molar-refractivity contribution < 1.29 is 18.9 Å². The van der Waals surface area contributed by atoms with Gasteiger partial charge in [0, 0.05) is 20.5 Å². The molecule has 0 saturated heterocycles. The molecule has 0 radical (unpaired) electrons. The third-order valence-corrected chi connectivity index (χ3v) is 4.44. The molecule has 0 amide bonds. The standard InChI is InChI=1S/C13H21N4O6P/c1-8(23-24(20,21)22)6-4-5-7-9-14-11-10(16(9)2)12(18)15-13(19)17(11)3/h8H,4-7H2,1-3H3,(H,15,18,19)(H2,20,21,22)/t8-/m1/s1. The summed E-state index contributed by atoms with van der Waals surface area (Å²) in [5, 5.41) is 0. The van der Waals surface area contributed by atoms with E-state index in [1.165, 1.54) is 4.57 Å². The number of nitrogens with zero attached hydrogens (tertiary/aromatic N) is 3. The maximum Gasteiger partial charge on any atom is 0.469 e. The molecular weight excluding hydrogens is 339 g/mol. The summed E-state index contributed by atoms with van der Waals surface area (Å²) in [5.41, 5.74) is -0.316. The molecule has 11 heteroatoms. The number of aromatic amines is 1. The lowest BCUT2D eigenvalue weighted by atomic mass is 10.1. The highest BCUT2D eigenvalue weighted by Gasteiger charge is 2.19. The van der Waals surface area contributed by atoms with Crippen LogP contribution in [0, 0.1) is 0 Å². The molecule has 3 N–H and O–H groups in total. The van der Waals surface area contributed by atoms with Gasteiger partial charge >= 0.3 is 13.5 Å². The molecule has 0 aliphatic rings. The lowest BCUT2D eigenvalue weighted by molar-refractivity contribution is 0.136. The minimum absolute atomic E-state index is 0.333. The molecule has 0 aromatic carbocycles. The average molecular weight is 360 g/mol. The molecule has 0 aliphatic heterocycles. The summed E-state index contributed by atoms with van der Waals surface area (Å²) in [5.74, 6) is 0.667. The molecule has 10 nitrogen and oxygen atoms in total.